The van der Waals surface area contributed by atoms with E-state index in [0.717, 1.165) is 44.1 Å². The fourth-order valence-electron chi connectivity index (χ4n) is 7.23. The van der Waals surface area contributed by atoms with Crippen molar-refractivity contribution in [3.05, 3.63) is 133 Å². The van der Waals surface area contributed by atoms with Crippen molar-refractivity contribution in [3.63, 3.8) is 0 Å². The summed E-state index contributed by atoms with van der Waals surface area (Å²) in [6, 6.07) is 40.5. The van der Waals surface area contributed by atoms with E-state index in [1.54, 1.807) is 0 Å². The van der Waals surface area contributed by atoms with Crippen molar-refractivity contribution in [1.29, 1.82) is 0 Å². The highest BCUT2D eigenvalue weighted by atomic mass is 15.2. The third kappa shape index (κ3) is 2.98. The van der Waals surface area contributed by atoms with Crippen LogP contribution in [0, 0.1) is 0 Å². The molecular formula is C38H26N4. The van der Waals surface area contributed by atoms with E-state index in [0.29, 0.717) is 5.95 Å². The molecule has 3 heterocycles. The van der Waals surface area contributed by atoms with Gasteiger partial charge in [0.15, 0.2) is 0 Å². The van der Waals surface area contributed by atoms with Crippen molar-refractivity contribution in [2.75, 3.05) is 0 Å². The van der Waals surface area contributed by atoms with E-state index < -0.39 is 0 Å². The first kappa shape index (κ1) is 23.4. The van der Waals surface area contributed by atoms with Gasteiger partial charge in [0.1, 0.15) is 0 Å². The second kappa shape index (κ2) is 8.34. The van der Waals surface area contributed by atoms with Crippen LogP contribution in [-0.2, 0) is 5.41 Å². The Bertz CT molecular complexity index is 2380. The minimum Gasteiger partial charge on any atom is -0.277 e. The average molecular weight is 539 g/mol. The summed E-state index contributed by atoms with van der Waals surface area (Å²) >= 11 is 0. The molecule has 0 fully saturated rings. The molecule has 0 saturated carbocycles. The topological polar surface area (TPSA) is 43.6 Å². The van der Waals surface area contributed by atoms with Gasteiger partial charge in [-0.3, -0.25) is 9.55 Å². The fourth-order valence-corrected chi connectivity index (χ4v) is 7.23. The maximum absolute atomic E-state index is 5.35. The quantitative estimate of drug-likeness (QED) is 0.220. The molecule has 42 heavy (non-hydrogen) atoms. The minimum absolute atomic E-state index is 0.215. The molecule has 4 nitrogen and oxygen atoms in total. The Labute approximate surface area is 242 Å². The zero-order valence-electron chi connectivity index (χ0n) is 23.3. The third-order valence-corrected chi connectivity index (χ3v) is 9.01. The highest BCUT2D eigenvalue weighted by Gasteiger charge is 2.40. The van der Waals surface area contributed by atoms with Gasteiger partial charge in [-0.1, -0.05) is 111 Å². The Kier molecular flexibility index (Phi) is 4.64. The number of fused-ring (bicyclic) bond motifs is 11. The van der Waals surface area contributed by atoms with Gasteiger partial charge in [-0.2, -0.15) is 0 Å². The van der Waals surface area contributed by atoms with Gasteiger partial charge in [0.05, 0.1) is 27.8 Å². The molecule has 1 aliphatic rings. The largest absolute Gasteiger partial charge is 0.277 e. The predicted molar refractivity (Wildman–Crippen MR) is 172 cm³/mol. The maximum Gasteiger partial charge on any atom is 0.235 e. The Morgan fingerprint density at radius 3 is 2.24 bits per heavy atom. The summed E-state index contributed by atoms with van der Waals surface area (Å²) < 4.78 is 2.30. The molecule has 198 valence electrons. The Balaban J connectivity index is 1.54. The molecule has 0 amide bonds. The van der Waals surface area contributed by atoms with Crippen LogP contribution in [0.4, 0.5) is 0 Å². The Morgan fingerprint density at radius 2 is 1.36 bits per heavy atom. The van der Waals surface area contributed by atoms with Gasteiger partial charge in [0, 0.05) is 44.3 Å². The number of nitrogens with zero attached hydrogens (tertiary/aromatic N) is 4. The predicted octanol–water partition coefficient (Wildman–Crippen LogP) is 9.25. The highest BCUT2D eigenvalue weighted by molar-refractivity contribution is 6.26. The molecule has 8 aromatic rings. The summed E-state index contributed by atoms with van der Waals surface area (Å²) in [5.41, 5.74) is 11.1. The normalized spacial score (nSPS) is 13.7. The molecule has 4 heteroatoms. The first-order valence-corrected chi connectivity index (χ1v) is 14.4. The number of pyridine rings is 1. The SMILES string of the molecule is CC1(C)c2ccccc2-c2c1c1ncccc1c1c3ccccc3n(-c3nc(-c4ccccc4)c4ccccc4n3)c21. The van der Waals surface area contributed by atoms with Gasteiger partial charge >= 0.3 is 0 Å². The van der Waals surface area contributed by atoms with Gasteiger partial charge in [-0.15, -0.1) is 0 Å². The van der Waals surface area contributed by atoms with Crippen LogP contribution < -0.4 is 0 Å². The van der Waals surface area contributed by atoms with Crippen LogP contribution in [-0.4, -0.2) is 19.5 Å². The van der Waals surface area contributed by atoms with Crippen molar-refractivity contribution >= 4 is 43.6 Å². The molecule has 0 aliphatic heterocycles. The average Bonchev–Trinajstić information content (AvgIpc) is 3.51. The standard InChI is InChI=1S/C38H26N4/c1-38(2)28-19-9-6-15-24(28)32-33(38)35-27(18-12-22-39-35)31-26-17-8-11-21-30(26)42(36(31)32)37-40-29-20-10-7-16-25(29)34(41-37)23-13-4-3-5-14-23/h3-22H,1-2H3. The second-order valence-electron chi connectivity index (χ2n) is 11.7. The van der Waals surface area contributed by atoms with E-state index in [1.807, 2.05) is 12.3 Å². The second-order valence-corrected chi connectivity index (χ2v) is 11.7. The molecule has 0 unspecified atom stereocenters. The van der Waals surface area contributed by atoms with Gasteiger partial charge in [0.25, 0.3) is 0 Å². The van der Waals surface area contributed by atoms with Crippen molar-refractivity contribution < 1.29 is 0 Å². The molecule has 3 aromatic heterocycles. The van der Waals surface area contributed by atoms with E-state index >= 15 is 0 Å². The van der Waals surface area contributed by atoms with Gasteiger partial charge < -0.3 is 0 Å². The van der Waals surface area contributed by atoms with E-state index in [2.05, 4.69) is 128 Å². The molecule has 0 atom stereocenters. The lowest BCUT2D eigenvalue weighted by Crippen LogP contribution is -2.16. The monoisotopic (exact) mass is 538 g/mol. The third-order valence-electron chi connectivity index (χ3n) is 9.01. The van der Waals surface area contributed by atoms with Gasteiger partial charge in [-0.05, 0) is 34.9 Å². The van der Waals surface area contributed by atoms with Crippen LogP contribution in [0.5, 0.6) is 0 Å². The summed E-state index contributed by atoms with van der Waals surface area (Å²) in [6.45, 7) is 4.65. The van der Waals surface area contributed by atoms with Crippen LogP contribution in [0.1, 0.15) is 25.0 Å². The number of hydrogen-bond acceptors (Lipinski definition) is 3. The number of rotatable bonds is 2. The summed E-state index contributed by atoms with van der Waals surface area (Å²) in [4.78, 5) is 15.6. The van der Waals surface area contributed by atoms with Crippen LogP contribution in [0.2, 0.25) is 0 Å². The summed E-state index contributed by atoms with van der Waals surface area (Å²) in [7, 11) is 0. The highest BCUT2D eigenvalue weighted by Crippen LogP contribution is 2.55. The molecule has 0 N–H and O–H groups in total. The minimum atomic E-state index is -0.215. The molecule has 5 aromatic carbocycles. The fraction of sp³-hybridized carbons (Fsp3) is 0.0789. The lowest BCUT2D eigenvalue weighted by atomic mass is 9.81. The molecule has 0 saturated heterocycles. The lowest BCUT2D eigenvalue weighted by molar-refractivity contribution is 0.665. The van der Waals surface area contributed by atoms with Crippen LogP contribution in [0.25, 0.3) is 71.9 Å². The number of para-hydroxylation sites is 2. The van der Waals surface area contributed by atoms with E-state index in [-0.39, 0.29) is 5.41 Å². The number of benzene rings is 5. The van der Waals surface area contributed by atoms with E-state index in [4.69, 9.17) is 15.0 Å². The van der Waals surface area contributed by atoms with Crippen LogP contribution >= 0.6 is 0 Å². The number of hydrogen-bond donors (Lipinski definition) is 0. The number of aromatic nitrogens is 4. The van der Waals surface area contributed by atoms with Crippen molar-refractivity contribution in [2.24, 2.45) is 0 Å². The van der Waals surface area contributed by atoms with E-state index in [1.165, 1.54) is 33.0 Å². The Hall–Kier alpha value is -5.35. The zero-order chi connectivity index (χ0) is 28.0. The molecule has 1 aliphatic carbocycles. The van der Waals surface area contributed by atoms with E-state index in [9.17, 15) is 0 Å². The van der Waals surface area contributed by atoms with Crippen LogP contribution in [0.3, 0.4) is 0 Å². The van der Waals surface area contributed by atoms with Crippen molar-refractivity contribution in [2.45, 2.75) is 19.3 Å². The molecule has 0 radical (unpaired) electrons. The Morgan fingerprint density at radius 1 is 0.643 bits per heavy atom. The van der Waals surface area contributed by atoms with Crippen molar-refractivity contribution in [1.82, 2.24) is 19.5 Å². The molecule has 0 spiro atoms. The first-order valence-electron chi connectivity index (χ1n) is 14.4. The molecule has 0 bridgehead atoms. The summed E-state index contributed by atoms with van der Waals surface area (Å²) in [5, 5.41) is 4.57. The molecular weight excluding hydrogens is 512 g/mol. The van der Waals surface area contributed by atoms with Gasteiger partial charge in [-0.25, -0.2) is 9.97 Å². The van der Waals surface area contributed by atoms with Gasteiger partial charge in [0.2, 0.25) is 5.95 Å². The summed E-state index contributed by atoms with van der Waals surface area (Å²) in [5.74, 6) is 0.673. The van der Waals surface area contributed by atoms with Crippen molar-refractivity contribution in [3.8, 4) is 28.3 Å². The van der Waals surface area contributed by atoms with Crippen LogP contribution in [0.15, 0.2) is 121 Å². The zero-order valence-corrected chi connectivity index (χ0v) is 23.3. The lowest BCUT2D eigenvalue weighted by Gasteiger charge is -2.23. The maximum atomic E-state index is 5.35. The first-order chi connectivity index (χ1) is 20.6. The summed E-state index contributed by atoms with van der Waals surface area (Å²) in [6.07, 6.45) is 1.92. The smallest absolute Gasteiger partial charge is 0.235 e. The molecule has 9 rings (SSSR count).